The van der Waals surface area contributed by atoms with Gasteiger partial charge >= 0.3 is 0 Å². The summed E-state index contributed by atoms with van der Waals surface area (Å²) in [5.74, 6) is 1.51. The molecule has 1 fully saturated rings. The molecule has 0 radical (unpaired) electrons. The Morgan fingerprint density at radius 1 is 1.15 bits per heavy atom. The molecular weight excluding hydrogens is 252 g/mol. The Morgan fingerprint density at radius 3 is 2.35 bits per heavy atom. The number of hydrogen-bond acceptors (Lipinski definition) is 3. The number of carbonyl (C=O) groups excluding carboxylic acids is 1. The van der Waals surface area contributed by atoms with Gasteiger partial charge in [0, 0.05) is 11.0 Å². The van der Waals surface area contributed by atoms with Crippen molar-refractivity contribution in [2.45, 2.75) is 52.6 Å². The van der Waals surface area contributed by atoms with Crippen LogP contribution in [0.3, 0.4) is 0 Å². The summed E-state index contributed by atoms with van der Waals surface area (Å²) in [5.41, 5.74) is 0.297. The van der Waals surface area contributed by atoms with Gasteiger partial charge in [-0.2, -0.15) is 0 Å². The van der Waals surface area contributed by atoms with Crippen LogP contribution in [0.5, 0.6) is 11.5 Å². The van der Waals surface area contributed by atoms with Gasteiger partial charge in [-0.05, 0) is 43.9 Å². The summed E-state index contributed by atoms with van der Waals surface area (Å²) in [7, 11) is 1.63. The third-order valence-electron chi connectivity index (χ3n) is 3.70. The quantitative estimate of drug-likeness (QED) is 0.771. The normalized spacial score (nSPS) is 16.2. The molecular formula is C17H24O3. The molecule has 0 bridgehead atoms. The van der Waals surface area contributed by atoms with E-state index in [1.54, 1.807) is 7.11 Å². The lowest BCUT2D eigenvalue weighted by atomic mass is 9.86. The maximum Gasteiger partial charge on any atom is 0.168 e. The number of methoxy groups -OCH3 is 1. The molecule has 0 atom stereocenters. The van der Waals surface area contributed by atoms with Gasteiger partial charge in [-0.3, -0.25) is 4.79 Å². The molecule has 20 heavy (non-hydrogen) atoms. The third-order valence-corrected chi connectivity index (χ3v) is 3.70. The topological polar surface area (TPSA) is 35.5 Å². The van der Waals surface area contributed by atoms with Crippen LogP contribution in [0.15, 0.2) is 18.2 Å². The van der Waals surface area contributed by atoms with Crippen LogP contribution in [0.1, 0.15) is 56.8 Å². The monoisotopic (exact) mass is 276 g/mol. The smallest absolute Gasteiger partial charge is 0.168 e. The predicted octanol–water partition coefficient (Wildman–Crippen LogP) is 4.25. The second kappa shape index (κ2) is 5.86. The number of rotatable bonds is 4. The van der Waals surface area contributed by atoms with Crippen molar-refractivity contribution in [2.75, 3.05) is 7.11 Å². The van der Waals surface area contributed by atoms with Gasteiger partial charge in [-0.15, -0.1) is 0 Å². The number of ketones is 1. The van der Waals surface area contributed by atoms with E-state index in [4.69, 9.17) is 9.47 Å². The van der Waals surface area contributed by atoms with Crippen LogP contribution in [0.4, 0.5) is 0 Å². The van der Waals surface area contributed by atoms with Crippen molar-refractivity contribution in [3.05, 3.63) is 23.8 Å². The molecule has 110 valence electrons. The average Bonchev–Trinajstić information content (AvgIpc) is 2.89. The average molecular weight is 276 g/mol. The molecule has 0 spiro atoms. The molecule has 0 unspecified atom stereocenters. The van der Waals surface area contributed by atoms with E-state index >= 15 is 0 Å². The lowest BCUT2D eigenvalue weighted by Gasteiger charge is -2.20. The Hall–Kier alpha value is -1.51. The minimum absolute atomic E-state index is 0.122. The Labute approximate surface area is 121 Å². The highest BCUT2D eigenvalue weighted by molar-refractivity contribution is 6.00. The molecule has 3 nitrogen and oxygen atoms in total. The van der Waals surface area contributed by atoms with E-state index in [1.165, 1.54) is 12.8 Å². The van der Waals surface area contributed by atoms with Crippen molar-refractivity contribution in [1.82, 2.24) is 0 Å². The summed E-state index contributed by atoms with van der Waals surface area (Å²) in [6.07, 6.45) is 4.85. The summed E-state index contributed by atoms with van der Waals surface area (Å²) < 4.78 is 11.4. The zero-order chi connectivity index (χ0) is 14.8. The van der Waals surface area contributed by atoms with Crippen LogP contribution in [-0.4, -0.2) is 19.0 Å². The van der Waals surface area contributed by atoms with Crippen molar-refractivity contribution in [3.8, 4) is 11.5 Å². The molecule has 0 amide bonds. The lowest BCUT2D eigenvalue weighted by Crippen LogP contribution is -2.20. The highest BCUT2D eigenvalue weighted by Crippen LogP contribution is 2.34. The molecule has 2 rings (SSSR count). The van der Waals surface area contributed by atoms with E-state index in [9.17, 15) is 4.79 Å². The third kappa shape index (κ3) is 3.33. The van der Waals surface area contributed by atoms with Crippen LogP contribution < -0.4 is 9.47 Å². The first kappa shape index (κ1) is 14.9. The van der Waals surface area contributed by atoms with E-state index in [0.717, 1.165) is 12.8 Å². The predicted molar refractivity (Wildman–Crippen MR) is 79.7 cm³/mol. The molecule has 3 heteroatoms. The lowest BCUT2D eigenvalue weighted by molar-refractivity contribution is 0.0857. The van der Waals surface area contributed by atoms with Crippen LogP contribution in [0.25, 0.3) is 0 Å². The summed E-state index contributed by atoms with van der Waals surface area (Å²) >= 11 is 0. The Kier molecular flexibility index (Phi) is 4.36. The van der Waals surface area contributed by atoms with Crippen LogP contribution in [0, 0.1) is 5.41 Å². The molecule has 1 aliphatic rings. The van der Waals surface area contributed by atoms with Crippen LogP contribution >= 0.6 is 0 Å². The maximum absolute atomic E-state index is 12.4. The summed E-state index contributed by atoms with van der Waals surface area (Å²) in [6.45, 7) is 5.78. The Morgan fingerprint density at radius 2 is 1.80 bits per heavy atom. The highest BCUT2D eigenvalue weighted by atomic mass is 16.5. The summed E-state index contributed by atoms with van der Waals surface area (Å²) in [6, 6.07) is 5.46. The first-order valence-electron chi connectivity index (χ1n) is 7.31. The van der Waals surface area contributed by atoms with Crippen molar-refractivity contribution in [1.29, 1.82) is 0 Å². The van der Waals surface area contributed by atoms with Crippen LogP contribution in [-0.2, 0) is 0 Å². The SMILES string of the molecule is COc1ccc(C(=O)C(C)(C)C)cc1OC1CCCC1. The first-order valence-corrected chi connectivity index (χ1v) is 7.31. The van der Waals surface area contributed by atoms with Gasteiger partial charge in [-0.25, -0.2) is 0 Å². The first-order chi connectivity index (χ1) is 9.41. The zero-order valence-corrected chi connectivity index (χ0v) is 12.9. The molecule has 0 aromatic heterocycles. The van der Waals surface area contributed by atoms with E-state index in [-0.39, 0.29) is 17.3 Å². The van der Waals surface area contributed by atoms with E-state index in [2.05, 4.69) is 0 Å². The van der Waals surface area contributed by atoms with Gasteiger partial charge in [0.2, 0.25) is 0 Å². The van der Waals surface area contributed by atoms with Gasteiger partial charge in [-0.1, -0.05) is 20.8 Å². The minimum Gasteiger partial charge on any atom is -0.493 e. The molecule has 0 saturated heterocycles. The highest BCUT2D eigenvalue weighted by Gasteiger charge is 2.25. The van der Waals surface area contributed by atoms with Crippen molar-refractivity contribution < 1.29 is 14.3 Å². The van der Waals surface area contributed by atoms with Gasteiger partial charge < -0.3 is 9.47 Å². The number of ether oxygens (including phenoxy) is 2. The van der Waals surface area contributed by atoms with Gasteiger partial charge in [0.15, 0.2) is 17.3 Å². The fraction of sp³-hybridized carbons (Fsp3) is 0.588. The van der Waals surface area contributed by atoms with Crippen molar-refractivity contribution in [2.24, 2.45) is 5.41 Å². The van der Waals surface area contributed by atoms with Crippen LogP contribution in [0.2, 0.25) is 0 Å². The number of hydrogen-bond donors (Lipinski definition) is 0. The van der Waals surface area contributed by atoms with Gasteiger partial charge in [0.05, 0.1) is 13.2 Å². The molecule has 1 aliphatic carbocycles. The van der Waals surface area contributed by atoms with Crippen molar-refractivity contribution >= 4 is 5.78 Å². The van der Waals surface area contributed by atoms with E-state index < -0.39 is 0 Å². The molecule has 1 aromatic rings. The van der Waals surface area contributed by atoms with E-state index in [0.29, 0.717) is 17.1 Å². The van der Waals surface area contributed by atoms with E-state index in [1.807, 2.05) is 39.0 Å². The Balaban J connectivity index is 2.26. The zero-order valence-electron chi connectivity index (χ0n) is 12.9. The van der Waals surface area contributed by atoms with Gasteiger partial charge in [0.1, 0.15) is 0 Å². The minimum atomic E-state index is -0.390. The molecule has 0 N–H and O–H groups in total. The molecule has 0 aliphatic heterocycles. The second-order valence-electron chi connectivity index (χ2n) is 6.47. The number of benzene rings is 1. The Bertz CT molecular complexity index is 479. The summed E-state index contributed by atoms with van der Waals surface area (Å²) in [5, 5.41) is 0. The number of carbonyl (C=O) groups is 1. The molecule has 0 heterocycles. The largest absolute Gasteiger partial charge is 0.493 e. The number of Topliss-reactive ketones (excluding diaryl/α,β-unsaturated/α-hetero) is 1. The summed E-state index contributed by atoms with van der Waals surface area (Å²) in [4.78, 5) is 12.4. The van der Waals surface area contributed by atoms with Crippen molar-refractivity contribution in [3.63, 3.8) is 0 Å². The fourth-order valence-electron chi connectivity index (χ4n) is 2.53. The standard InChI is InChI=1S/C17H24O3/c1-17(2,3)16(18)12-9-10-14(19-4)15(11-12)20-13-7-5-6-8-13/h9-11,13H,5-8H2,1-4H3. The second-order valence-corrected chi connectivity index (χ2v) is 6.47. The maximum atomic E-state index is 12.4. The molecule has 1 aromatic carbocycles. The fourth-order valence-corrected chi connectivity index (χ4v) is 2.53. The van der Waals surface area contributed by atoms with Gasteiger partial charge in [0.25, 0.3) is 0 Å². The molecule has 1 saturated carbocycles.